The minimum atomic E-state index is 0.155. The van der Waals surface area contributed by atoms with E-state index in [1.54, 1.807) is 12.1 Å². The Morgan fingerprint density at radius 1 is 1.00 bits per heavy atom. The molecule has 1 heterocycles. The van der Waals surface area contributed by atoms with Gasteiger partial charge in [0.05, 0.1) is 20.3 Å². The van der Waals surface area contributed by atoms with Crippen LogP contribution in [0.15, 0.2) is 30.3 Å². The van der Waals surface area contributed by atoms with Crippen molar-refractivity contribution in [2.24, 2.45) is 0 Å². The van der Waals surface area contributed by atoms with E-state index in [4.69, 9.17) is 14.2 Å². The number of para-hydroxylation sites is 1. The lowest BCUT2D eigenvalue weighted by Gasteiger charge is -2.08. The topological polar surface area (TPSA) is 53.5 Å². The monoisotopic (exact) mass is 245 g/mol. The largest absolute Gasteiger partial charge is 0.481 e. The average molecular weight is 245 g/mol. The summed E-state index contributed by atoms with van der Waals surface area (Å²) < 4.78 is 15.6. The molecule has 0 fully saturated rings. The van der Waals surface area contributed by atoms with Gasteiger partial charge in [-0.3, -0.25) is 0 Å². The molecule has 18 heavy (non-hydrogen) atoms. The lowest BCUT2D eigenvalue weighted by atomic mass is 10.2. The molecule has 5 nitrogen and oxygen atoms in total. The smallest absolute Gasteiger partial charge is 0.328 e. The Kier molecular flexibility index (Phi) is 3.62. The summed E-state index contributed by atoms with van der Waals surface area (Å²) in [5.74, 6) is 1.34. The molecule has 0 aliphatic rings. The van der Waals surface area contributed by atoms with E-state index in [2.05, 4.69) is 16.9 Å². The minimum absolute atomic E-state index is 0.155. The Balaban J connectivity index is 2.31. The Labute approximate surface area is 105 Å². The van der Waals surface area contributed by atoms with E-state index < -0.39 is 0 Å². The minimum Gasteiger partial charge on any atom is -0.481 e. The molecule has 93 valence electrons. The number of methoxy groups -OCH3 is 2. The summed E-state index contributed by atoms with van der Waals surface area (Å²) in [6, 6.07) is 9.08. The molecule has 0 saturated heterocycles. The van der Waals surface area contributed by atoms with Crippen LogP contribution in [-0.2, 0) is 0 Å². The van der Waals surface area contributed by atoms with Crippen LogP contribution >= 0.6 is 0 Å². The van der Waals surface area contributed by atoms with Gasteiger partial charge >= 0.3 is 6.01 Å². The van der Waals surface area contributed by atoms with Gasteiger partial charge in [0.1, 0.15) is 5.75 Å². The molecule has 0 bridgehead atoms. The highest BCUT2D eigenvalue weighted by Crippen LogP contribution is 2.25. The molecular formula is C13H13N2O3. The van der Waals surface area contributed by atoms with Gasteiger partial charge in [-0.25, -0.2) is 0 Å². The van der Waals surface area contributed by atoms with Crippen LogP contribution < -0.4 is 14.2 Å². The van der Waals surface area contributed by atoms with Gasteiger partial charge < -0.3 is 14.2 Å². The summed E-state index contributed by atoms with van der Waals surface area (Å²) in [5, 5.41) is 0. The molecule has 0 saturated carbocycles. The molecule has 0 N–H and O–H groups in total. The van der Waals surface area contributed by atoms with E-state index in [-0.39, 0.29) is 6.01 Å². The van der Waals surface area contributed by atoms with E-state index in [0.29, 0.717) is 17.5 Å². The summed E-state index contributed by atoms with van der Waals surface area (Å²) in [6.45, 7) is 3.86. The van der Waals surface area contributed by atoms with E-state index in [0.717, 1.165) is 5.56 Å². The normalized spacial score (nSPS) is 9.94. The maximum absolute atomic E-state index is 5.55. The van der Waals surface area contributed by atoms with Crippen molar-refractivity contribution < 1.29 is 14.2 Å². The molecule has 1 aromatic heterocycles. The summed E-state index contributed by atoms with van der Waals surface area (Å²) in [7, 11) is 3.03. The van der Waals surface area contributed by atoms with Gasteiger partial charge in [-0.2, -0.15) is 9.97 Å². The lowest BCUT2D eigenvalue weighted by Crippen LogP contribution is -1.98. The molecule has 0 spiro atoms. The van der Waals surface area contributed by atoms with Crippen LogP contribution in [0.5, 0.6) is 23.5 Å². The second-order valence-corrected chi connectivity index (χ2v) is 3.45. The maximum atomic E-state index is 5.55. The predicted octanol–water partition coefficient (Wildman–Crippen LogP) is 2.47. The van der Waals surface area contributed by atoms with Crippen molar-refractivity contribution in [2.75, 3.05) is 14.2 Å². The highest BCUT2D eigenvalue weighted by atomic mass is 16.5. The number of aromatic nitrogens is 2. The molecule has 0 amide bonds. The molecule has 1 radical (unpaired) electrons. The predicted molar refractivity (Wildman–Crippen MR) is 66.1 cm³/mol. The van der Waals surface area contributed by atoms with Crippen molar-refractivity contribution in [3.05, 3.63) is 42.8 Å². The zero-order valence-corrected chi connectivity index (χ0v) is 10.2. The van der Waals surface area contributed by atoms with Gasteiger partial charge in [-0.1, -0.05) is 18.2 Å². The maximum Gasteiger partial charge on any atom is 0.328 e. The Hall–Kier alpha value is -2.30. The van der Waals surface area contributed by atoms with Crippen LogP contribution in [0.25, 0.3) is 0 Å². The van der Waals surface area contributed by atoms with E-state index in [9.17, 15) is 0 Å². The molecule has 5 heteroatoms. The third-order valence-corrected chi connectivity index (χ3v) is 2.25. The van der Waals surface area contributed by atoms with Gasteiger partial charge in [-0.15, -0.1) is 0 Å². The zero-order valence-electron chi connectivity index (χ0n) is 10.2. The van der Waals surface area contributed by atoms with E-state index in [1.165, 1.54) is 14.2 Å². The molecule has 2 rings (SSSR count). The van der Waals surface area contributed by atoms with Crippen molar-refractivity contribution in [3.8, 4) is 23.5 Å². The van der Waals surface area contributed by atoms with Gasteiger partial charge in [0.25, 0.3) is 0 Å². The van der Waals surface area contributed by atoms with Crippen LogP contribution in [-0.4, -0.2) is 24.2 Å². The Bertz CT molecular complexity index is 521. The summed E-state index contributed by atoms with van der Waals surface area (Å²) in [4.78, 5) is 8.15. The summed E-state index contributed by atoms with van der Waals surface area (Å²) in [5.41, 5.74) is 0.753. The van der Waals surface area contributed by atoms with Gasteiger partial charge in [-0.05, 0) is 18.6 Å². The number of hydrogen-bond donors (Lipinski definition) is 0. The summed E-state index contributed by atoms with van der Waals surface area (Å²) >= 11 is 0. The fourth-order valence-corrected chi connectivity index (χ4v) is 1.34. The molecule has 0 atom stereocenters. The zero-order chi connectivity index (χ0) is 13.0. The third kappa shape index (κ3) is 2.68. The van der Waals surface area contributed by atoms with Crippen molar-refractivity contribution in [3.63, 3.8) is 0 Å². The van der Waals surface area contributed by atoms with Crippen LogP contribution in [0.3, 0.4) is 0 Å². The van der Waals surface area contributed by atoms with Crippen LogP contribution in [0, 0.1) is 6.92 Å². The summed E-state index contributed by atoms with van der Waals surface area (Å²) in [6.07, 6.45) is 0. The SMILES string of the molecule is [CH2]c1ccccc1Oc1nc(OC)cc(OC)n1. The highest BCUT2D eigenvalue weighted by Gasteiger charge is 2.08. The molecule has 1 aromatic carbocycles. The first-order valence-corrected chi connectivity index (χ1v) is 5.29. The van der Waals surface area contributed by atoms with Crippen molar-refractivity contribution in [2.45, 2.75) is 0 Å². The quantitative estimate of drug-likeness (QED) is 0.828. The van der Waals surface area contributed by atoms with Gasteiger partial charge in [0, 0.05) is 0 Å². The Morgan fingerprint density at radius 3 is 2.17 bits per heavy atom. The van der Waals surface area contributed by atoms with E-state index in [1.807, 2.05) is 18.2 Å². The standard InChI is InChI=1S/C13H13N2O3/c1-9-6-4-5-7-10(9)18-13-14-11(16-2)8-12(15-13)17-3/h4-8H,1H2,2-3H3. The van der Waals surface area contributed by atoms with E-state index >= 15 is 0 Å². The first-order chi connectivity index (χ1) is 8.72. The van der Waals surface area contributed by atoms with Crippen LogP contribution in [0.2, 0.25) is 0 Å². The lowest BCUT2D eigenvalue weighted by molar-refractivity contribution is 0.347. The number of benzene rings is 1. The van der Waals surface area contributed by atoms with Crippen molar-refractivity contribution in [1.29, 1.82) is 0 Å². The molecule has 0 aliphatic heterocycles. The van der Waals surface area contributed by atoms with Crippen LogP contribution in [0.4, 0.5) is 0 Å². The number of ether oxygens (including phenoxy) is 3. The van der Waals surface area contributed by atoms with Gasteiger partial charge in [0.2, 0.25) is 11.8 Å². The molecular weight excluding hydrogens is 232 g/mol. The second-order valence-electron chi connectivity index (χ2n) is 3.45. The van der Waals surface area contributed by atoms with Crippen LogP contribution in [0.1, 0.15) is 5.56 Å². The second kappa shape index (κ2) is 5.35. The average Bonchev–Trinajstić information content (AvgIpc) is 2.41. The van der Waals surface area contributed by atoms with Crippen molar-refractivity contribution in [1.82, 2.24) is 9.97 Å². The number of nitrogens with zero attached hydrogens (tertiary/aromatic N) is 2. The number of hydrogen-bond acceptors (Lipinski definition) is 5. The number of rotatable bonds is 4. The molecule has 2 aromatic rings. The fourth-order valence-electron chi connectivity index (χ4n) is 1.34. The first-order valence-electron chi connectivity index (χ1n) is 5.29. The highest BCUT2D eigenvalue weighted by molar-refractivity contribution is 5.37. The third-order valence-electron chi connectivity index (χ3n) is 2.25. The molecule has 0 aliphatic carbocycles. The Morgan fingerprint density at radius 2 is 1.61 bits per heavy atom. The van der Waals surface area contributed by atoms with Crippen molar-refractivity contribution >= 4 is 0 Å². The van der Waals surface area contributed by atoms with Gasteiger partial charge in [0.15, 0.2) is 0 Å². The molecule has 0 unspecified atom stereocenters. The first kappa shape index (κ1) is 12.2. The fraction of sp³-hybridized carbons (Fsp3) is 0.154.